The van der Waals surface area contributed by atoms with Gasteiger partial charge in [0.2, 0.25) is 11.8 Å². The Labute approximate surface area is 285 Å². The monoisotopic (exact) mass is 721 g/mol. The van der Waals surface area contributed by atoms with Crippen LogP contribution in [0.3, 0.4) is 0 Å². The van der Waals surface area contributed by atoms with E-state index in [1.807, 2.05) is 101 Å². The smallest absolute Gasteiger partial charge is 0.264 e. The van der Waals surface area contributed by atoms with E-state index in [0.717, 1.165) is 30.4 Å². The molecule has 0 saturated heterocycles. The number of anilines is 1. The first-order chi connectivity index (χ1) is 21.8. The average Bonchev–Trinajstić information content (AvgIpc) is 3.02. The van der Waals surface area contributed by atoms with E-state index in [1.165, 1.54) is 16.7 Å². The molecule has 0 aliphatic rings. The minimum Gasteiger partial charge on any atom is -0.350 e. The van der Waals surface area contributed by atoms with Gasteiger partial charge in [-0.15, -0.1) is 11.8 Å². The standard InChI is InChI=1S/C36H40BrN3O4S2/c1-26-11-17-30(18-12-26)40(46(43,44)32-21-19-31(45-5)20-22-32)25-34(41)39(24-28-13-15-29(37)16-14-28)33(35(42)38-36(2,3)4)23-27-9-7-6-8-10-27/h6-22,33H,23-25H2,1-5H3,(H,38,42)/t33-/m0/s1. The summed E-state index contributed by atoms with van der Waals surface area (Å²) < 4.78 is 30.5. The third-order valence-corrected chi connectivity index (χ3v) is 10.3. The largest absolute Gasteiger partial charge is 0.350 e. The van der Waals surface area contributed by atoms with Crippen molar-refractivity contribution < 1.29 is 18.0 Å². The van der Waals surface area contributed by atoms with Crippen LogP contribution in [0.15, 0.2) is 117 Å². The number of thioether (sulfide) groups is 1. The molecule has 10 heteroatoms. The summed E-state index contributed by atoms with van der Waals surface area (Å²) in [5, 5.41) is 3.05. The van der Waals surface area contributed by atoms with Crippen molar-refractivity contribution in [3.63, 3.8) is 0 Å². The van der Waals surface area contributed by atoms with Gasteiger partial charge in [0.05, 0.1) is 10.6 Å². The topological polar surface area (TPSA) is 86.8 Å². The molecule has 46 heavy (non-hydrogen) atoms. The van der Waals surface area contributed by atoms with Crippen molar-refractivity contribution in [2.24, 2.45) is 0 Å². The molecule has 0 fully saturated rings. The summed E-state index contributed by atoms with van der Waals surface area (Å²) in [5.74, 6) is -0.822. The average molecular weight is 723 g/mol. The third kappa shape index (κ3) is 9.47. The zero-order valence-electron chi connectivity index (χ0n) is 26.7. The van der Waals surface area contributed by atoms with E-state index in [2.05, 4.69) is 21.2 Å². The third-order valence-electron chi connectivity index (χ3n) is 7.28. The van der Waals surface area contributed by atoms with Gasteiger partial charge in [0.15, 0.2) is 0 Å². The fraction of sp³-hybridized carbons (Fsp3) is 0.278. The van der Waals surface area contributed by atoms with Gasteiger partial charge in [0, 0.05) is 27.9 Å². The quantitative estimate of drug-likeness (QED) is 0.156. The number of nitrogens with zero attached hydrogens (tertiary/aromatic N) is 2. The molecule has 0 spiro atoms. The van der Waals surface area contributed by atoms with Crippen LogP contribution in [-0.4, -0.2) is 49.5 Å². The minimum absolute atomic E-state index is 0.0736. The zero-order valence-corrected chi connectivity index (χ0v) is 30.0. The SMILES string of the molecule is CSc1ccc(S(=O)(=O)N(CC(=O)N(Cc2ccc(Br)cc2)[C@@H](Cc2ccccc2)C(=O)NC(C)(C)C)c2ccc(C)cc2)cc1. The van der Waals surface area contributed by atoms with Crippen molar-refractivity contribution in [3.05, 3.63) is 124 Å². The molecule has 2 amide bonds. The Morgan fingerprint density at radius 2 is 1.46 bits per heavy atom. The lowest BCUT2D eigenvalue weighted by Crippen LogP contribution is -2.56. The maximum absolute atomic E-state index is 14.6. The van der Waals surface area contributed by atoms with E-state index in [0.29, 0.717) is 5.69 Å². The van der Waals surface area contributed by atoms with Gasteiger partial charge in [-0.3, -0.25) is 13.9 Å². The molecule has 0 radical (unpaired) electrons. The van der Waals surface area contributed by atoms with Crippen LogP contribution in [-0.2, 0) is 32.6 Å². The summed E-state index contributed by atoms with van der Waals surface area (Å²) in [7, 11) is -4.16. The Morgan fingerprint density at radius 3 is 2.02 bits per heavy atom. The van der Waals surface area contributed by atoms with Gasteiger partial charge in [0.1, 0.15) is 12.6 Å². The van der Waals surface area contributed by atoms with Crippen LogP contribution in [0.2, 0.25) is 0 Å². The first-order valence-electron chi connectivity index (χ1n) is 14.9. The van der Waals surface area contributed by atoms with Crippen LogP contribution >= 0.6 is 27.7 Å². The van der Waals surface area contributed by atoms with Crippen LogP contribution in [0.25, 0.3) is 0 Å². The van der Waals surface area contributed by atoms with Gasteiger partial charge in [0.25, 0.3) is 10.0 Å². The molecule has 242 valence electrons. The Kier molecular flexibility index (Phi) is 11.7. The second-order valence-corrected chi connectivity index (χ2v) is 15.8. The molecule has 0 heterocycles. The number of hydrogen-bond acceptors (Lipinski definition) is 5. The van der Waals surface area contributed by atoms with Crippen molar-refractivity contribution in [1.82, 2.24) is 10.2 Å². The van der Waals surface area contributed by atoms with Gasteiger partial charge < -0.3 is 10.2 Å². The lowest BCUT2D eigenvalue weighted by molar-refractivity contribution is -0.140. The molecule has 1 N–H and O–H groups in total. The van der Waals surface area contributed by atoms with Crippen LogP contribution < -0.4 is 9.62 Å². The minimum atomic E-state index is -4.16. The van der Waals surface area contributed by atoms with Crippen LogP contribution in [0.4, 0.5) is 5.69 Å². The number of hydrogen-bond donors (Lipinski definition) is 1. The number of carbonyl (C=O) groups excluding carboxylic acids is 2. The number of rotatable bonds is 12. The highest BCUT2D eigenvalue weighted by Gasteiger charge is 2.35. The molecule has 0 aliphatic heterocycles. The number of nitrogens with one attached hydrogen (secondary N) is 1. The maximum Gasteiger partial charge on any atom is 0.264 e. The zero-order chi connectivity index (χ0) is 33.5. The van der Waals surface area contributed by atoms with Crippen molar-refractivity contribution in [1.29, 1.82) is 0 Å². The second-order valence-electron chi connectivity index (χ2n) is 12.1. The molecule has 4 aromatic carbocycles. The van der Waals surface area contributed by atoms with Crippen molar-refractivity contribution >= 4 is 55.2 Å². The molecule has 0 saturated carbocycles. The highest BCUT2D eigenvalue weighted by Crippen LogP contribution is 2.27. The summed E-state index contributed by atoms with van der Waals surface area (Å²) >= 11 is 4.98. The summed E-state index contributed by atoms with van der Waals surface area (Å²) in [5.41, 5.74) is 2.43. The van der Waals surface area contributed by atoms with Gasteiger partial charge >= 0.3 is 0 Å². The molecule has 1 atom stereocenters. The first kappa shape index (κ1) is 35.3. The number of benzene rings is 4. The van der Waals surface area contributed by atoms with E-state index in [1.54, 1.807) is 36.4 Å². The molecule has 7 nitrogen and oxygen atoms in total. The van der Waals surface area contributed by atoms with E-state index < -0.39 is 34.1 Å². The number of aryl methyl sites for hydroxylation is 1. The normalized spacial score (nSPS) is 12.3. The van der Waals surface area contributed by atoms with E-state index in [9.17, 15) is 18.0 Å². The maximum atomic E-state index is 14.6. The molecule has 0 aromatic heterocycles. The Bertz CT molecular complexity index is 1720. The van der Waals surface area contributed by atoms with Gasteiger partial charge in [-0.05, 0) is 93.6 Å². The fourth-order valence-corrected chi connectivity index (χ4v) is 6.99. The lowest BCUT2D eigenvalue weighted by Gasteiger charge is -2.35. The fourth-order valence-electron chi connectivity index (χ4n) is 4.91. The Hall–Kier alpha value is -3.60. The molecular weight excluding hydrogens is 682 g/mol. The van der Waals surface area contributed by atoms with Gasteiger partial charge in [-0.1, -0.05) is 76.1 Å². The van der Waals surface area contributed by atoms with Gasteiger partial charge in [-0.25, -0.2) is 8.42 Å². The highest BCUT2D eigenvalue weighted by molar-refractivity contribution is 9.10. The van der Waals surface area contributed by atoms with E-state index in [4.69, 9.17) is 0 Å². The van der Waals surface area contributed by atoms with Crippen LogP contribution in [0.5, 0.6) is 0 Å². The van der Waals surface area contributed by atoms with Gasteiger partial charge in [-0.2, -0.15) is 0 Å². The second kappa shape index (κ2) is 15.3. The van der Waals surface area contributed by atoms with Crippen molar-refractivity contribution in [2.45, 2.75) is 62.0 Å². The molecular formula is C36H40BrN3O4S2. The van der Waals surface area contributed by atoms with Crippen molar-refractivity contribution in [2.75, 3.05) is 17.1 Å². The predicted molar refractivity (Wildman–Crippen MR) is 190 cm³/mol. The highest BCUT2D eigenvalue weighted by atomic mass is 79.9. The number of amides is 2. The first-order valence-corrected chi connectivity index (χ1v) is 18.4. The van der Waals surface area contributed by atoms with Crippen molar-refractivity contribution in [3.8, 4) is 0 Å². The number of carbonyl (C=O) groups is 2. The summed E-state index contributed by atoms with van der Waals surface area (Å²) in [6, 6.07) is 29.8. The Balaban J connectivity index is 1.81. The predicted octanol–water partition coefficient (Wildman–Crippen LogP) is 7.23. The lowest BCUT2D eigenvalue weighted by atomic mass is 10.0. The number of halogens is 1. The summed E-state index contributed by atoms with van der Waals surface area (Å²) in [6.45, 7) is 7.18. The van der Waals surface area contributed by atoms with Crippen LogP contribution in [0, 0.1) is 6.92 Å². The molecule has 4 rings (SSSR count). The Morgan fingerprint density at radius 1 is 0.848 bits per heavy atom. The van der Waals surface area contributed by atoms with E-state index in [-0.39, 0.29) is 23.8 Å². The molecule has 0 unspecified atom stereocenters. The molecule has 0 bridgehead atoms. The molecule has 0 aliphatic carbocycles. The van der Waals surface area contributed by atoms with E-state index >= 15 is 0 Å². The summed E-state index contributed by atoms with van der Waals surface area (Å²) in [6.07, 6.45) is 2.17. The summed E-state index contributed by atoms with van der Waals surface area (Å²) in [4.78, 5) is 31.1. The molecule has 4 aromatic rings. The van der Waals surface area contributed by atoms with Crippen LogP contribution in [0.1, 0.15) is 37.5 Å². The number of sulfonamides is 1.